The van der Waals surface area contributed by atoms with Crippen molar-refractivity contribution in [2.45, 2.75) is 18.2 Å². The van der Waals surface area contributed by atoms with Crippen LogP contribution in [0.15, 0.2) is 23.1 Å². The highest BCUT2D eigenvalue weighted by Gasteiger charge is 2.25. The quantitative estimate of drug-likeness (QED) is 0.642. The second kappa shape index (κ2) is 5.13. The maximum atomic E-state index is 11.5. The monoisotopic (exact) mass is 258 g/mol. The van der Waals surface area contributed by atoms with Gasteiger partial charge in [0.2, 0.25) is 0 Å². The van der Waals surface area contributed by atoms with Crippen molar-refractivity contribution in [1.82, 2.24) is 0 Å². The molecule has 7 heteroatoms. The summed E-state index contributed by atoms with van der Waals surface area (Å²) in [6.07, 6.45) is 1.75. The molecule has 1 N–H and O–H groups in total. The van der Waals surface area contributed by atoms with Crippen LogP contribution in [0.25, 0.3) is 0 Å². The molecule has 6 nitrogen and oxygen atoms in total. The van der Waals surface area contributed by atoms with Gasteiger partial charge in [-0.25, -0.2) is 8.42 Å². The van der Waals surface area contributed by atoms with Gasteiger partial charge in [-0.2, -0.15) is 0 Å². The van der Waals surface area contributed by atoms with Crippen molar-refractivity contribution in [3.8, 4) is 0 Å². The first-order chi connectivity index (χ1) is 7.88. The van der Waals surface area contributed by atoms with Gasteiger partial charge in [0.05, 0.1) is 4.92 Å². The van der Waals surface area contributed by atoms with Crippen LogP contribution in [0.5, 0.6) is 0 Å². The van der Waals surface area contributed by atoms with Crippen molar-refractivity contribution < 1.29 is 13.3 Å². The van der Waals surface area contributed by atoms with Gasteiger partial charge < -0.3 is 5.32 Å². The number of nitrogens with zero attached hydrogens (tertiary/aromatic N) is 1. The van der Waals surface area contributed by atoms with Gasteiger partial charge in [-0.15, -0.1) is 0 Å². The van der Waals surface area contributed by atoms with Crippen molar-refractivity contribution in [2.24, 2.45) is 0 Å². The van der Waals surface area contributed by atoms with Gasteiger partial charge in [0.1, 0.15) is 10.6 Å². The highest BCUT2D eigenvalue weighted by Crippen LogP contribution is 2.31. The predicted octanol–water partition coefficient (Wildman–Crippen LogP) is 1.82. The van der Waals surface area contributed by atoms with Crippen LogP contribution >= 0.6 is 0 Å². The van der Waals surface area contributed by atoms with E-state index in [9.17, 15) is 18.5 Å². The van der Waals surface area contributed by atoms with E-state index in [1.807, 2.05) is 6.92 Å². The zero-order valence-corrected chi connectivity index (χ0v) is 10.5. The first-order valence-corrected chi connectivity index (χ1v) is 6.98. The number of hydrogen-bond donors (Lipinski definition) is 1. The highest BCUT2D eigenvalue weighted by molar-refractivity contribution is 7.90. The van der Waals surface area contributed by atoms with E-state index < -0.39 is 14.8 Å². The summed E-state index contributed by atoms with van der Waals surface area (Å²) in [5.41, 5.74) is -0.150. The van der Waals surface area contributed by atoms with E-state index in [0.29, 0.717) is 6.54 Å². The molecule has 0 aliphatic carbocycles. The van der Waals surface area contributed by atoms with Gasteiger partial charge in [0.15, 0.2) is 9.84 Å². The number of para-hydroxylation sites is 1. The minimum absolute atomic E-state index is 0.236. The second-order valence-corrected chi connectivity index (χ2v) is 5.59. The standard InChI is InChI=1S/C10H14N2O4S/c1-3-7-11-8-5-4-6-9(17(2,15)16)10(8)12(13)14/h4-6,11H,3,7H2,1-2H3. The van der Waals surface area contributed by atoms with E-state index in [2.05, 4.69) is 5.32 Å². The van der Waals surface area contributed by atoms with Crippen LogP contribution in [0, 0.1) is 10.1 Å². The molecule has 0 atom stereocenters. The molecule has 1 aromatic carbocycles. The summed E-state index contributed by atoms with van der Waals surface area (Å²) in [6.45, 7) is 2.47. The number of benzene rings is 1. The minimum atomic E-state index is -3.61. The van der Waals surface area contributed by atoms with Crippen LogP contribution in [-0.2, 0) is 9.84 Å². The molecule has 0 aromatic heterocycles. The van der Waals surface area contributed by atoms with Crippen LogP contribution in [0.3, 0.4) is 0 Å². The zero-order valence-electron chi connectivity index (χ0n) is 9.63. The van der Waals surface area contributed by atoms with Crippen molar-refractivity contribution in [1.29, 1.82) is 0 Å². The summed E-state index contributed by atoms with van der Waals surface area (Å²) in [4.78, 5) is 10.0. The van der Waals surface area contributed by atoms with E-state index in [4.69, 9.17) is 0 Å². The van der Waals surface area contributed by atoms with Gasteiger partial charge in [0.25, 0.3) is 0 Å². The van der Waals surface area contributed by atoms with Crippen molar-refractivity contribution in [2.75, 3.05) is 18.1 Å². The summed E-state index contributed by atoms with van der Waals surface area (Å²) in [7, 11) is -3.61. The Kier molecular flexibility index (Phi) is 4.06. The molecule has 0 saturated heterocycles. The third kappa shape index (κ3) is 3.16. The maximum Gasteiger partial charge on any atom is 0.310 e. The molecule has 0 heterocycles. The maximum absolute atomic E-state index is 11.5. The first-order valence-electron chi connectivity index (χ1n) is 5.09. The fraction of sp³-hybridized carbons (Fsp3) is 0.400. The molecular formula is C10H14N2O4S. The molecule has 0 amide bonds. The topological polar surface area (TPSA) is 89.3 Å². The number of nitro groups is 1. The number of rotatable bonds is 5. The summed E-state index contributed by atoms with van der Waals surface area (Å²) in [5.74, 6) is 0. The normalized spacial score (nSPS) is 11.2. The third-order valence-electron chi connectivity index (χ3n) is 2.15. The van der Waals surface area contributed by atoms with Crippen LogP contribution < -0.4 is 5.32 Å². The van der Waals surface area contributed by atoms with E-state index in [1.54, 1.807) is 0 Å². The lowest BCUT2D eigenvalue weighted by Gasteiger charge is -2.08. The Morgan fingerprint density at radius 2 is 2.06 bits per heavy atom. The number of hydrogen-bond acceptors (Lipinski definition) is 5. The zero-order chi connectivity index (χ0) is 13.1. The fourth-order valence-electron chi connectivity index (χ4n) is 1.41. The minimum Gasteiger partial charge on any atom is -0.379 e. The molecule has 1 rings (SSSR count). The molecule has 1 aromatic rings. The number of nitro benzene ring substituents is 1. The van der Waals surface area contributed by atoms with Crippen LogP contribution in [0.2, 0.25) is 0 Å². The molecule has 94 valence electrons. The van der Waals surface area contributed by atoms with Gasteiger partial charge in [-0.05, 0) is 18.6 Å². The summed E-state index contributed by atoms with van der Waals surface area (Å²) in [6, 6.07) is 4.23. The molecule has 0 aliphatic heterocycles. The molecule has 0 saturated carbocycles. The van der Waals surface area contributed by atoms with Gasteiger partial charge in [0, 0.05) is 12.8 Å². The number of nitrogens with one attached hydrogen (secondary N) is 1. The SMILES string of the molecule is CCCNc1cccc(S(C)(=O)=O)c1[N+](=O)[O-]. The van der Waals surface area contributed by atoms with E-state index in [0.717, 1.165) is 12.7 Å². The Balaban J connectivity index is 3.38. The Labute approximate surface area is 99.7 Å². The lowest BCUT2D eigenvalue weighted by Crippen LogP contribution is -2.08. The Morgan fingerprint density at radius 1 is 1.41 bits per heavy atom. The van der Waals surface area contributed by atoms with Crippen molar-refractivity contribution in [3.05, 3.63) is 28.3 Å². The molecular weight excluding hydrogens is 244 g/mol. The average molecular weight is 258 g/mol. The summed E-state index contributed by atoms with van der Waals surface area (Å²) < 4.78 is 22.9. The first kappa shape index (κ1) is 13.4. The molecule has 0 bridgehead atoms. The van der Waals surface area contributed by atoms with E-state index >= 15 is 0 Å². The number of sulfone groups is 1. The summed E-state index contributed by atoms with van der Waals surface area (Å²) in [5, 5.41) is 13.8. The van der Waals surface area contributed by atoms with E-state index in [1.165, 1.54) is 18.2 Å². The largest absolute Gasteiger partial charge is 0.379 e. The fourth-order valence-corrected chi connectivity index (χ4v) is 2.27. The van der Waals surface area contributed by atoms with Crippen molar-refractivity contribution in [3.63, 3.8) is 0 Å². The summed E-state index contributed by atoms with van der Waals surface area (Å²) >= 11 is 0. The molecule has 0 spiro atoms. The van der Waals surface area contributed by atoms with Crippen molar-refractivity contribution >= 4 is 21.2 Å². The Hall–Kier alpha value is -1.63. The van der Waals surface area contributed by atoms with Crippen LogP contribution in [-0.4, -0.2) is 26.1 Å². The van der Waals surface area contributed by atoms with Gasteiger partial charge in [-0.1, -0.05) is 13.0 Å². The highest BCUT2D eigenvalue weighted by atomic mass is 32.2. The molecule has 0 fully saturated rings. The molecule has 17 heavy (non-hydrogen) atoms. The Bertz CT molecular complexity index is 525. The lowest BCUT2D eigenvalue weighted by molar-refractivity contribution is -0.386. The van der Waals surface area contributed by atoms with Crippen LogP contribution in [0.4, 0.5) is 11.4 Å². The lowest BCUT2D eigenvalue weighted by atomic mass is 10.2. The molecule has 0 aliphatic rings. The average Bonchev–Trinajstić information content (AvgIpc) is 2.24. The predicted molar refractivity (Wildman–Crippen MR) is 65.0 cm³/mol. The Morgan fingerprint density at radius 3 is 2.53 bits per heavy atom. The second-order valence-electron chi connectivity index (χ2n) is 3.61. The molecule has 0 unspecified atom stereocenters. The van der Waals surface area contributed by atoms with Crippen LogP contribution in [0.1, 0.15) is 13.3 Å². The third-order valence-corrected chi connectivity index (χ3v) is 3.27. The van der Waals surface area contributed by atoms with E-state index in [-0.39, 0.29) is 16.3 Å². The smallest absolute Gasteiger partial charge is 0.310 e. The van der Waals surface area contributed by atoms with Gasteiger partial charge >= 0.3 is 5.69 Å². The number of anilines is 1. The molecule has 0 radical (unpaired) electrons. The van der Waals surface area contributed by atoms with Gasteiger partial charge in [-0.3, -0.25) is 10.1 Å².